The molecule has 0 bridgehead atoms. The molecule has 1 aromatic carbocycles. The van der Waals surface area contributed by atoms with Crippen LogP contribution in [0.3, 0.4) is 0 Å². The third-order valence-corrected chi connectivity index (χ3v) is 4.90. The van der Waals surface area contributed by atoms with Crippen LogP contribution in [0.4, 0.5) is 5.69 Å². The predicted octanol–water partition coefficient (Wildman–Crippen LogP) is 2.39. The maximum Gasteiger partial charge on any atom is 0.196 e. The molecule has 1 saturated carbocycles. The first-order valence-corrected chi connectivity index (χ1v) is 6.74. The van der Waals surface area contributed by atoms with Crippen LogP contribution < -0.4 is 15.4 Å². The summed E-state index contributed by atoms with van der Waals surface area (Å²) in [4.78, 5) is 6.68. The molecule has 4 heteroatoms. The van der Waals surface area contributed by atoms with Gasteiger partial charge in [0.15, 0.2) is 5.96 Å². The monoisotopic (exact) mass is 259 g/mol. The van der Waals surface area contributed by atoms with E-state index in [0.29, 0.717) is 11.4 Å². The molecule has 0 aromatic heterocycles. The molecule has 0 saturated heterocycles. The maximum atomic E-state index is 6.13. The van der Waals surface area contributed by atoms with Crippen molar-refractivity contribution in [2.45, 2.75) is 32.2 Å². The number of hydrogen-bond acceptors (Lipinski definition) is 4. The topological polar surface area (TPSA) is 50.9 Å². The normalized spacial score (nSPS) is 28.2. The van der Waals surface area contributed by atoms with Gasteiger partial charge in [-0.2, -0.15) is 0 Å². The van der Waals surface area contributed by atoms with Crippen molar-refractivity contribution in [3.63, 3.8) is 0 Å². The molecule has 2 N–H and O–H groups in total. The second-order valence-electron chi connectivity index (χ2n) is 6.04. The van der Waals surface area contributed by atoms with Crippen LogP contribution in [-0.2, 0) is 0 Å². The molecule has 3 rings (SSSR count). The number of anilines is 1. The van der Waals surface area contributed by atoms with Crippen molar-refractivity contribution in [3.8, 4) is 5.75 Å². The largest absolute Gasteiger partial charge is 0.497 e. The number of nitrogens with two attached hydrogens (primary N) is 1. The van der Waals surface area contributed by atoms with Crippen molar-refractivity contribution in [2.75, 3.05) is 18.6 Å². The van der Waals surface area contributed by atoms with Gasteiger partial charge < -0.3 is 15.4 Å². The summed E-state index contributed by atoms with van der Waals surface area (Å²) in [7, 11) is 1.68. The van der Waals surface area contributed by atoms with Crippen molar-refractivity contribution in [1.29, 1.82) is 0 Å². The van der Waals surface area contributed by atoms with Crippen LogP contribution in [0, 0.1) is 5.41 Å². The fourth-order valence-electron chi connectivity index (χ4n) is 2.96. The number of ether oxygens (including phenoxy) is 1. The molecule has 0 radical (unpaired) electrons. The maximum absolute atomic E-state index is 6.13. The SMILES string of the molecule is COc1ccc(N2C(N)=NCC2(C)C2(C)CC2)cc1. The van der Waals surface area contributed by atoms with Gasteiger partial charge in [0.2, 0.25) is 0 Å². The second kappa shape index (κ2) is 3.89. The minimum Gasteiger partial charge on any atom is -0.497 e. The molecule has 102 valence electrons. The Hall–Kier alpha value is -1.71. The van der Waals surface area contributed by atoms with Crippen LogP contribution >= 0.6 is 0 Å². The van der Waals surface area contributed by atoms with Crippen LogP contribution in [0.5, 0.6) is 5.75 Å². The highest BCUT2D eigenvalue weighted by Crippen LogP contribution is 2.57. The first-order valence-electron chi connectivity index (χ1n) is 6.74. The number of nitrogens with zero attached hydrogens (tertiary/aromatic N) is 2. The lowest BCUT2D eigenvalue weighted by atomic mass is 9.82. The molecule has 1 fully saturated rings. The minimum atomic E-state index is -0.00826. The van der Waals surface area contributed by atoms with E-state index in [9.17, 15) is 0 Å². The zero-order valence-corrected chi connectivity index (χ0v) is 11.8. The number of rotatable bonds is 3. The third-order valence-electron chi connectivity index (χ3n) is 4.90. The van der Waals surface area contributed by atoms with Crippen LogP contribution in [0.2, 0.25) is 0 Å². The summed E-state index contributed by atoms with van der Waals surface area (Å²) in [6.07, 6.45) is 2.50. The molecule has 4 nitrogen and oxygen atoms in total. The van der Waals surface area contributed by atoms with E-state index in [4.69, 9.17) is 10.5 Å². The lowest BCUT2D eigenvalue weighted by molar-refractivity contribution is 0.318. The summed E-state index contributed by atoms with van der Waals surface area (Å²) >= 11 is 0. The second-order valence-corrected chi connectivity index (χ2v) is 6.04. The lowest BCUT2D eigenvalue weighted by Crippen LogP contribution is -2.55. The molecule has 1 aromatic rings. The van der Waals surface area contributed by atoms with E-state index < -0.39 is 0 Å². The molecular weight excluding hydrogens is 238 g/mol. The highest BCUT2D eigenvalue weighted by atomic mass is 16.5. The molecule has 1 unspecified atom stereocenters. The molecule has 1 aliphatic heterocycles. The highest BCUT2D eigenvalue weighted by molar-refractivity contribution is 5.98. The molecular formula is C15H21N3O. The summed E-state index contributed by atoms with van der Waals surface area (Å²) < 4.78 is 5.21. The van der Waals surface area contributed by atoms with E-state index >= 15 is 0 Å². The van der Waals surface area contributed by atoms with E-state index in [1.807, 2.05) is 12.1 Å². The Kier molecular flexibility index (Phi) is 2.52. The predicted molar refractivity (Wildman–Crippen MR) is 77.7 cm³/mol. The minimum absolute atomic E-state index is 0.00826. The molecule has 1 atom stereocenters. The zero-order valence-electron chi connectivity index (χ0n) is 11.8. The van der Waals surface area contributed by atoms with Gasteiger partial charge in [-0.05, 0) is 49.4 Å². The van der Waals surface area contributed by atoms with Crippen LogP contribution in [0.1, 0.15) is 26.7 Å². The van der Waals surface area contributed by atoms with Gasteiger partial charge in [-0.15, -0.1) is 0 Å². The average molecular weight is 259 g/mol. The van der Waals surface area contributed by atoms with Gasteiger partial charge in [0.05, 0.1) is 19.2 Å². The van der Waals surface area contributed by atoms with Gasteiger partial charge in [0.25, 0.3) is 0 Å². The third kappa shape index (κ3) is 1.70. The first kappa shape index (κ1) is 12.3. The average Bonchev–Trinajstić information content (AvgIpc) is 3.09. The van der Waals surface area contributed by atoms with Crippen molar-refractivity contribution < 1.29 is 4.74 Å². The summed E-state index contributed by atoms with van der Waals surface area (Å²) in [5.74, 6) is 1.48. The smallest absolute Gasteiger partial charge is 0.196 e. The van der Waals surface area contributed by atoms with Crippen LogP contribution in [0.25, 0.3) is 0 Å². The van der Waals surface area contributed by atoms with Crippen LogP contribution in [-0.4, -0.2) is 25.2 Å². The van der Waals surface area contributed by atoms with E-state index in [1.54, 1.807) is 7.11 Å². The Morgan fingerprint density at radius 2 is 1.84 bits per heavy atom. The highest BCUT2D eigenvalue weighted by Gasteiger charge is 2.58. The molecule has 2 aliphatic rings. The Balaban J connectivity index is 1.98. The standard InChI is InChI=1S/C15H21N3O/c1-14(8-9-14)15(2)10-17-13(16)18(15)11-4-6-12(19-3)7-5-11/h4-7H,8-10H2,1-3H3,(H2,16,17). The molecule has 1 heterocycles. The number of hydrogen-bond donors (Lipinski definition) is 1. The van der Waals surface area contributed by atoms with E-state index in [-0.39, 0.29) is 5.54 Å². The van der Waals surface area contributed by atoms with E-state index in [2.05, 4.69) is 35.9 Å². The fraction of sp³-hybridized carbons (Fsp3) is 0.533. The summed E-state index contributed by atoms with van der Waals surface area (Å²) in [5.41, 5.74) is 7.53. The lowest BCUT2D eigenvalue weighted by Gasteiger charge is -2.41. The molecule has 19 heavy (non-hydrogen) atoms. The van der Waals surface area contributed by atoms with Crippen molar-refractivity contribution in [1.82, 2.24) is 0 Å². The Morgan fingerprint density at radius 3 is 2.37 bits per heavy atom. The summed E-state index contributed by atoms with van der Waals surface area (Å²) in [6.45, 7) is 5.38. The van der Waals surface area contributed by atoms with Gasteiger partial charge in [-0.1, -0.05) is 6.92 Å². The summed E-state index contributed by atoms with van der Waals surface area (Å²) in [6, 6.07) is 8.04. The molecule has 0 amide bonds. The Labute approximate surface area is 114 Å². The zero-order chi connectivity index (χ0) is 13.7. The van der Waals surface area contributed by atoms with Crippen molar-refractivity contribution in [2.24, 2.45) is 16.1 Å². The van der Waals surface area contributed by atoms with E-state index in [0.717, 1.165) is 18.0 Å². The van der Waals surface area contributed by atoms with Gasteiger partial charge in [-0.25, -0.2) is 0 Å². The quantitative estimate of drug-likeness (QED) is 0.906. The fourth-order valence-corrected chi connectivity index (χ4v) is 2.96. The van der Waals surface area contributed by atoms with Gasteiger partial charge >= 0.3 is 0 Å². The number of guanidine groups is 1. The summed E-state index contributed by atoms with van der Waals surface area (Å²) in [5, 5.41) is 0. The first-order chi connectivity index (χ1) is 9.00. The number of methoxy groups -OCH3 is 1. The number of benzene rings is 1. The van der Waals surface area contributed by atoms with Crippen molar-refractivity contribution >= 4 is 11.6 Å². The Morgan fingerprint density at radius 1 is 1.21 bits per heavy atom. The van der Waals surface area contributed by atoms with E-state index in [1.165, 1.54) is 12.8 Å². The van der Waals surface area contributed by atoms with Gasteiger partial charge in [-0.3, -0.25) is 4.99 Å². The van der Waals surface area contributed by atoms with Crippen molar-refractivity contribution in [3.05, 3.63) is 24.3 Å². The molecule has 1 aliphatic carbocycles. The van der Waals surface area contributed by atoms with Crippen LogP contribution in [0.15, 0.2) is 29.3 Å². The number of aliphatic imine (C=N–C) groups is 1. The molecule has 0 spiro atoms. The Bertz CT molecular complexity index is 519. The van der Waals surface area contributed by atoms with Gasteiger partial charge in [0.1, 0.15) is 5.75 Å². The van der Waals surface area contributed by atoms with Gasteiger partial charge in [0, 0.05) is 5.69 Å².